The molecule has 0 bridgehead atoms. The van der Waals surface area contributed by atoms with Crippen molar-refractivity contribution < 1.29 is 0 Å². The van der Waals surface area contributed by atoms with Crippen molar-refractivity contribution in [3.8, 4) is 0 Å². The minimum Gasteiger partial charge on any atom is -0.324 e. The number of rotatable bonds is 2. The van der Waals surface area contributed by atoms with Crippen LogP contribution in [0.2, 0.25) is 10.0 Å². The molecule has 0 aliphatic heterocycles. The molecule has 3 nitrogen and oxygen atoms in total. The molecule has 2 aromatic rings. The molecule has 0 fully saturated rings. The van der Waals surface area contributed by atoms with Crippen molar-refractivity contribution in [1.82, 2.24) is 9.97 Å². The van der Waals surface area contributed by atoms with Crippen LogP contribution in [0.1, 0.15) is 0 Å². The Bertz CT molecular complexity index is 482. The number of benzene rings is 1. The van der Waals surface area contributed by atoms with Gasteiger partial charge in [-0.25, -0.2) is 9.97 Å². The van der Waals surface area contributed by atoms with Gasteiger partial charge in [-0.3, -0.25) is 0 Å². The van der Waals surface area contributed by atoms with Gasteiger partial charge in [0, 0.05) is 31.7 Å². The van der Waals surface area contributed by atoms with Crippen LogP contribution in [0.5, 0.6) is 0 Å². The summed E-state index contributed by atoms with van der Waals surface area (Å²) in [6, 6.07) is 5.19. The van der Waals surface area contributed by atoms with Crippen molar-refractivity contribution in [1.29, 1.82) is 0 Å². The van der Waals surface area contributed by atoms with Gasteiger partial charge in [-0.1, -0.05) is 23.2 Å². The molecule has 0 aliphatic rings. The monoisotopic (exact) mass is 365 g/mol. The van der Waals surface area contributed by atoms with Gasteiger partial charge in [0.1, 0.15) is 0 Å². The van der Waals surface area contributed by atoms with Crippen molar-refractivity contribution in [2.45, 2.75) is 0 Å². The number of halogens is 3. The van der Waals surface area contributed by atoms with Crippen molar-refractivity contribution in [3.63, 3.8) is 0 Å². The molecule has 6 heteroatoms. The SMILES string of the molecule is Clc1cc(Cl)cc(Nc2ncc(I)cn2)c1. The highest BCUT2D eigenvalue weighted by Gasteiger charge is 2.00. The van der Waals surface area contributed by atoms with E-state index in [1.165, 1.54) is 0 Å². The van der Waals surface area contributed by atoms with Gasteiger partial charge >= 0.3 is 0 Å². The Hall–Kier alpha value is -0.590. The lowest BCUT2D eigenvalue weighted by Crippen LogP contribution is -1.96. The van der Waals surface area contributed by atoms with E-state index < -0.39 is 0 Å². The molecule has 0 amide bonds. The van der Waals surface area contributed by atoms with E-state index in [0.717, 1.165) is 9.26 Å². The zero-order valence-corrected chi connectivity index (χ0v) is 11.6. The smallest absolute Gasteiger partial charge is 0.227 e. The van der Waals surface area contributed by atoms with E-state index in [4.69, 9.17) is 23.2 Å². The Morgan fingerprint density at radius 3 is 2.12 bits per heavy atom. The van der Waals surface area contributed by atoms with Crippen molar-refractivity contribution in [2.75, 3.05) is 5.32 Å². The van der Waals surface area contributed by atoms with Crippen LogP contribution in [0.15, 0.2) is 30.6 Å². The fourth-order valence-corrected chi connectivity index (χ4v) is 1.94. The van der Waals surface area contributed by atoms with Gasteiger partial charge in [-0.15, -0.1) is 0 Å². The molecular weight excluding hydrogens is 360 g/mol. The van der Waals surface area contributed by atoms with E-state index >= 15 is 0 Å². The molecule has 0 radical (unpaired) electrons. The summed E-state index contributed by atoms with van der Waals surface area (Å²) in [7, 11) is 0. The fourth-order valence-electron chi connectivity index (χ4n) is 1.13. The maximum absolute atomic E-state index is 5.88. The van der Waals surface area contributed by atoms with E-state index in [1.54, 1.807) is 30.6 Å². The maximum Gasteiger partial charge on any atom is 0.227 e. The molecule has 1 aromatic carbocycles. The standard InChI is InChI=1S/C10H6Cl2IN3/c11-6-1-7(12)3-9(2-6)16-10-14-4-8(13)5-15-10/h1-5H,(H,14,15,16). The van der Waals surface area contributed by atoms with Crippen LogP contribution < -0.4 is 5.32 Å². The van der Waals surface area contributed by atoms with E-state index in [9.17, 15) is 0 Å². The number of nitrogens with zero attached hydrogens (tertiary/aromatic N) is 2. The second-order valence-electron chi connectivity index (χ2n) is 3.01. The third-order valence-corrected chi connectivity index (χ3v) is 2.73. The Labute approximate surface area is 116 Å². The van der Waals surface area contributed by atoms with Gasteiger partial charge in [0.2, 0.25) is 5.95 Å². The van der Waals surface area contributed by atoms with Crippen molar-refractivity contribution >= 4 is 57.4 Å². The summed E-state index contributed by atoms with van der Waals surface area (Å²) in [6.07, 6.45) is 3.45. The topological polar surface area (TPSA) is 37.8 Å². The van der Waals surface area contributed by atoms with Gasteiger partial charge in [0.25, 0.3) is 0 Å². The number of aromatic nitrogens is 2. The summed E-state index contributed by atoms with van der Waals surface area (Å²) < 4.78 is 0.979. The number of nitrogens with one attached hydrogen (secondary N) is 1. The average Bonchev–Trinajstić information content (AvgIpc) is 2.20. The minimum atomic E-state index is 0.513. The van der Waals surface area contributed by atoms with Crippen LogP contribution in [0.25, 0.3) is 0 Å². The maximum atomic E-state index is 5.88. The third kappa shape index (κ3) is 3.20. The predicted molar refractivity (Wildman–Crippen MR) is 74.5 cm³/mol. The zero-order valence-electron chi connectivity index (χ0n) is 7.92. The fraction of sp³-hybridized carbons (Fsp3) is 0. The Balaban J connectivity index is 2.23. The van der Waals surface area contributed by atoms with E-state index in [1.807, 2.05) is 0 Å². The lowest BCUT2D eigenvalue weighted by molar-refractivity contribution is 1.15. The molecule has 1 aromatic heterocycles. The van der Waals surface area contributed by atoms with Crippen molar-refractivity contribution in [3.05, 3.63) is 44.2 Å². The summed E-state index contributed by atoms with van der Waals surface area (Å²) in [6.45, 7) is 0. The first kappa shape index (κ1) is 11.9. The molecule has 2 rings (SSSR count). The summed E-state index contributed by atoms with van der Waals surface area (Å²) in [5.41, 5.74) is 0.763. The van der Waals surface area contributed by atoms with E-state index in [-0.39, 0.29) is 0 Å². The molecule has 0 aliphatic carbocycles. The van der Waals surface area contributed by atoms with Gasteiger partial charge in [-0.05, 0) is 40.8 Å². The van der Waals surface area contributed by atoms with Gasteiger partial charge in [0.15, 0.2) is 0 Å². The van der Waals surface area contributed by atoms with Crippen LogP contribution in [0.4, 0.5) is 11.6 Å². The van der Waals surface area contributed by atoms with Crippen LogP contribution >= 0.6 is 45.8 Å². The average molecular weight is 366 g/mol. The van der Waals surface area contributed by atoms with Crippen molar-refractivity contribution in [2.24, 2.45) is 0 Å². The summed E-state index contributed by atoms with van der Waals surface area (Å²) in [5.74, 6) is 0.513. The number of hydrogen-bond donors (Lipinski definition) is 1. The molecule has 0 unspecified atom stereocenters. The second-order valence-corrected chi connectivity index (χ2v) is 5.13. The van der Waals surface area contributed by atoms with Gasteiger partial charge in [0.05, 0.1) is 0 Å². The first-order valence-electron chi connectivity index (χ1n) is 4.34. The first-order valence-corrected chi connectivity index (χ1v) is 6.17. The normalized spacial score (nSPS) is 10.2. The number of anilines is 2. The minimum absolute atomic E-state index is 0.513. The zero-order chi connectivity index (χ0) is 11.5. The lowest BCUT2D eigenvalue weighted by Gasteiger charge is -2.05. The Kier molecular flexibility index (Phi) is 3.83. The highest BCUT2D eigenvalue weighted by atomic mass is 127. The van der Waals surface area contributed by atoms with E-state index in [2.05, 4.69) is 37.9 Å². The predicted octanol–water partition coefficient (Wildman–Crippen LogP) is 4.13. The van der Waals surface area contributed by atoms with Crippen LogP contribution in [-0.4, -0.2) is 9.97 Å². The van der Waals surface area contributed by atoms with Crippen LogP contribution in [0.3, 0.4) is 0 Å². The summed E-state index contributed by atoms with van der Waals surface area (Å²) in [4.78, 5) is 8.23. The molecule has 0 spiro atoms. The molecule has 0 saturated carbocycles. The Morgan fingerprint density at radius 1 is 1.00 bits per heavy atom. The Morgan fingerprint density at radius 2 is 1.56 bits per heavy atom. The lowest BCUT2D eigenvalue weighted by atomic mass is 10.3. The summed E-state index contributed by atoms with van der Waals surface area (Å²) >= 11 is 13.9. The molecule has 82 valence electrons. The summed E-state index contributed by atoms with van der Waals surface area (Å²) in [5, 5.41) is 4.16. The molecule has 0 atom stereocenters. The second kappa shape index (κ2) is 5.16. The quantitative estimate of drug-likeness (QED) is 0.813. The highest BCUT2D eigenvalue weighted by molar-refractivity contribution is 14.1. The van der Waals surface area contributed by atoms with E-state index in [0.29, 0.717) is 16.0 Å². The third-order valence-electron chi connectivity index (χ3n) is 1.74. The number of hydrogen-bond acceptors (Lipinski definition) is 3. The largest absolute Gasteiger partial charge is 0.324 e. The molecule has 0 saturated heterocycles. The van der Waals surface area contributed by atoms with Gasteiger partial charge in [-0.2, -0.15) is 0 Å². The molecule has 1 N–H and O–H groups in total. The van der Waals surface area contributed by atoms with Crippen LogP contribution in [0, 0.1) is 3.57 Å². The van der Waals surface area contributed by atoms with Crippen LogP contribution in [-0.2, 0) is 0 Å². The molecular formula is C10H6Cl2IN3. The highest BCUT2D eigenvalue weighted by Crippen LogP contribution is 2.23. The molecule has 1 heterocycles. The first-order chi connectivity index (χ1) is 7.63. The molecule has 16 heavy (non-hydrogen) atoms. The van der Waals surface area contributed by atoms with Gasteiger partial charge < -0.3 is 5.32 Å².